The standard InChI is InChI=1S/C29H46N6O4S/c1-5-19-39-25(22-38-4)11-8-10-18-30-27(36)12-7-6-9-17-31-28(37)20-26-21-32-29(40-26)34-33-23-13-15-24(16-14-23)35(2)3/h13-16,21,25H,5-12,17-20,22H2,1-4H3,(H,30,36)(H,31,37). The highest BCUT2D eigenvalue weighted by molar-refractivity contribution is 7.15. The van der Waals surface area contributed by atoms with E-state index in [0.29, 0.717) is 31.2 Å². The summed E-state index contributed by atoms with van der Waals surface area (Å²) < 4.78 is 11.0. The molecular formula is C29H46N6O4S. The van der Waals surface area contributed by atoms with Crippen molar-refractivity contribution >= 4 is 39.7 Å². The minimum absolute atomic E-state index is 0.0445. The molecule has 1 unspecified atom stereocenters. The number of hydrogen-bond donors (Lipinski definition) is 2. The monoisotopic (exact) mass is 574 g/mol. The van der Waals surface area contributed by atoms with Crippen LogP contribution >= 0.6 is 11.3 Å². The van der Waals surface area contributed by atoms with Crippen LogP contribution in [-0.4, -0.2) is 70.4 Å². The highest BCUT2D eigenvalue weighted by Gasteiger charge is 2.09. The fourth-order valence-corrected chi connectivity index (χ4v) is 4.61. The van der Waals surface area contributed by atoms with E-state index in [4.69, 9.17) is 9.47 Å². The van der Waals surface area contributed by atoms with E-state index in [1.165, 1.54) is 11.3 Å². The Hall–Kier alpha value is -2.89. The molecule has 1 heterocycles. The van der Waals surface area contributed by atoms with Crippen LogP contribution in [-0.2, 0) is 25.5 Å². The Balaban J connectivity index is 1.51. The van der Waals surface area contributed by atoms with Crippen molar-refractivity contribution in [3.63, 3.8) is 0 Å². The summed E-state index contributed by atoms with van der Waals surface area (Å²) in [5, 5.41) is 14.9. The van der Waals surface area contributed by atoms with Gasteiger partial charge in [-0.2, -0.15) is 0 Å². The molecule has 2 rings (SSSR count). The third kappa shape index (κ3) is 14.5. The second-order valence-corrected chi connectivity index (χ2v) is 10.9. The number of benzene rings is 1. The molecule has 0 fully saturated rings. The zero-order valence-corrected chi connectivity index (χ0v) is 25.3. The van der Waals surface area contributed by atoms with Gasteiger partial charge in [-0.05, 0) is 62.8 Å². The molecule has 0 saturated carbocycles. The van der Waals surface area contributed by atoms with Crippen molar-refractivity contribution in [2.45, 2.75) is 70.8 Å². The number of azo groups is 1. The van der Waals surface area contributed by atoms with Crippen LogP contribution in [0.4, 0.5) is 16.5 Å². The van der Waals surface area contributed by atoms with Gasteiger partial charge in [0.1, 0.15) is 0 Å². The van der Waals surface area contributed by atoms with E-state index < -0.39 is 0 Å². The van der Waals surface area contributed by atoms with Crippen LogP contribution in [0.1, 0.15) is 63.2 Å². The van der Waals surface area contributed by atoms with Gasteiger partial charge >= 0.3 is 0 Å². The van der Waals surface area contributed by atoms with E-state index in [1.807, 2.05) is 43.3 Å². The zero-order chi connectivity index (χ0) is 29.0. The summed E-state index contributed by atoms with van der Waals surface area (Å²) in [7, 11) is 5.66. The number of carbonyl (C=O) groups is 2. The summed E-state index contributed by atoms with van der Waals surface area (Å²) in [5.41, 5.74) is 1.84. The number of carbonyl (C=O) groups excluding carboxylic acids is 2. The first-order valence-corrected chi connectivity index (χ1v) is 15.0. The first-order valence-electron chi connectivity index (χ1n) is 14.2. The lowest BCUT2D eigenvalue weighted by Gasteiger charge is -2.16. The fourth-order valence-electron chi connectivity index (χ4n) is 3.88. The third-order valence-electron chi connectivity index (χ3n) is 6.08. The van der Waals surface area contributed by atoms with Gasteiger partial charge < -0.3 is 25.0 Å². The Bertz CT molecular complexity index is 1010. The van der Waals surface area contributed by atoms with Crippen molar-refractivity contribution in [3.05, 3.63) is 35.3 Å². The van der Waals surface area contributed by atoms with Crippen molar-refractivity contribution in [2.24, 2.45) is 10.2 Å². The number of amides is 2. The van der Waals surface area contributed by atoms with E-state index in [1.54, 1.807) is 13.3 Å². The normalized spacial score (nSPS) is 12.0. The van der Waals surface area contributed by atoms with Crippen LogP contribution in [0.15, 0.2) is 40.7 Å². The maximum Gasteiger partial charge on any atom is 0.230 e. The summed E-state index contributed by atoms with van der Waals surface area (Å²) in [6.45, 7) is 4.74. The molecule has 2 aromatic rings. The second-order valence-electron chi connectivity index (χ2n) is 9.85. The Labute approximate surface area is 243 Å². The molecule has 0 saturated heterocycles. The van der Waals surface area contributed by atoms with Crippen LogP contribution in [0, 0.1) is 0 Å². The van der Waals surface area contributed by atoms with Crippen molar-refractivity contribution in [2.75, 3.05) is 52.4 Å². The Morgan fingerprint density at radius 2 is 1.73 bits per heavy atom. The number of aromatic nitrogens is 1. The number of thiazole rings is 1. The number of methoxy groups -OCH3 is 1. The third-order valence-corrected chi connectivity index (χ3v) is 6.96. The first kappa shape index (κ1) is 33.3. The van der Waals surface area contributed by atoms with E-state index in [9.17, 15) is 9.59 Å². The number of anilines is 1. The summed E-state index contributed by atoms with van der Waals surface area (Å²) >= 11 is 1.36. The Kier molecular flexibility index (Phi) is 16.7. The van der Waals surface area contributed by atoms with Crippen LogP contribution in [0.25, 0.3) is 0 Å². The summed E-state index contributed by atoms with van der Waals surface area (Å²) in [5.74, 6) is 0.0421. The fraction of sp³-hybridized carbons (Fsp3) is 0.621. The van der Waals surface area contributed by atoms with E-state index in [0.717, 1.165) is 67.8 Å². The Morgan fingerprint density at radius 3 is 2.42 bits per heavy atom. The molecule has 0 bridgehead atoms. The number of nitrogens with zero attached hydrogens (tertiary/aromatic N) is 4. The summed E-state index contributed by atoms with van der Waals surface area (Å²) in [6, 6.07) is 7.76. The quantitative estimate of drug-likeness (QED) is 0.149. The summed E-state index contributed by atoms with van der Waals surface area (Å²) in [4.78, 5) is 31.4. The van der Waals surface area contributed by atoms with Gasteiger partial charge in [0.15, 0.2) is 0 Å². The number of nitrogens with one attached hydrogen (secondary N) is 2. The van der Waals surface area contributed by atoms with Crippen LogP contribution in [0.5, 0.6) is 0 Å². The molecule has 10 nitrogen and oxygen atoms in total. The molecule has 1 atom stereocenters. The zero-order valence-electron chi connectivity index (χ0n) is 24.5. The SMILES string of the molecule is CCCOC(CCCCNC(=O)CCCCCNC(=O)Cc1cnc(N=Nc2ccc(N(C)C)cc2)s1)COC. The molecule has 0 radical (unpaired) electrons. The molecule has 0 aliphatic carbocycles. The minimum atomic E-state index is -0.0445. The van der Waals surface area contributed by atoms with Crippen molar-refractivity contribution in [1.29, 1.82) is 0 Å². The van der Waals surface area contributed by atoms with Gasteiger partial charge in [-0.15, -0.1) is 10.2 Å². The summed E-state index contributed by atoms with van der Waals surface area (Å²) in [6.07, 6.45) is 8.99. The molecule has 2 amide bonds. The topological polar surface area (TPSA) is 118 Å². The average molecular weight is 575 g/mol. The number of rotatable bonds is 21. The molecule has 0 aliphatic heterocycles. The van der Waals surface area contributed by atoms with Crippen molar-refractivity contribution in [3.8, 4) is 0 Å². The molecule has 40 heavy (non-hydrogen) atoms. The molecule has 1 aromatic heterocycles. The second kappa shape index (κ2) is 20.1. The number of hydrogen-bond acceptors (Lipinski definition) is 9. The van der Waals surface area contributed by atoms with Crippen molar-refractivity contribution < 1.29 is 19.1 Å². The number of ether oxygens (including phenoxy) is 2. The first-order chi connectivity index (χ1) is 19.4. The predicted octanol–water partition coefficient (Wildman–Crippen LogP) is 5.57. The van der Waals surface area contributed by atoms with E-state index in [-0.39, 0.29) is 24.3 Å². The molecular weight excluding hydrogens is 528 g/mol. The lowest BCUT2D eigenvalue weighted by atomic mass is 10.1. The molecule has 222 valence electrons. The Morgan fingerprint density at radius 1 is 1.00 bits per heavy atom. The molecule has 2 N–H and O–H groups in total. The van der Waals surface area contributed by atoms with Crippen LogP contribution in [0.3, 0.4) is 0 Å². The van der Waals surface area contributed by atoms with Gasteiger partial charge in [0.25, 0.3) is 0 Å². The molecule has 0 aliphatic rings. The highest BCUT2D eigenvalue weighted by Crippen LogP contribution is 2.25. The number of unbranched alkanes of at least 4 members (excludes halogenated alkanes) is 3. The van der Waals surface area contributed by atoms with Gasteiger partial charge in [-0.1, -0.05) is 24.7 Å². The lowest BCUT2D eigenvalue weighted by molar-refractivity contribution is -0.121. The lowest BCUT2D eigenvalue weighted by Crippen LogP contribution is -2.26. The maximum atomic E-state index is 12.3. The highest BCUT2D eigenvalue weighted by atomic mass is 32.1. The van der Waals surface area contributed by atoms with Gasteiger partial charge in [0, 0.05) is 64.1 Å². The van der Waals surface area contributed by atoms with Gasteiger partial charge in [-0.3, -0.25) is 9.59 Å². The van der Waals surface area contributed by atoms with Crippen molar-refractivity contribution in [1.82, 2.24) is 15.6 Å². The molecule has 11 heteroatoms. The van der Waals surface area contributed by atoms with Gasteiger partial charge in [0.05, 0.1) is 24.8 Å². The molecule has 1 aromatic carbocycles. The van der Waals surface area contributed by atoms with Crippen LogP contribution in [0.2, 0.25) is 0 Å². The van der Waals surface area contributed by atoms with E-state index in [2.05, 4.69) is 32.8 Å². The predicted molar refractivity (Wildman–Crippen MR) is 161 cm³/mol. The largest absolute Gasteiger partial charge is 0.382 e. The minimum Gasteiger partial charge on any atom is -0.382 e. The average Bonchev–Trinajstić information content (AvgIpc) is 3.39. The van der Waals surface area contributed by atoms with Gasteiger partial charge in [-0.25, -0.2) is 4.98 Å². The molecule has 0 spiro atoms. The van der Waals surface area contributed by atoms with Gasteiger partial charge in [0.2, 0.25) is 16.9 Å². The van der Waals surface area contributed by atoms with E-state index >= 15 is 0 Å². The maximum absolute atomic E-state index is 12.3. The van der Waals surface area contributed by atoms with Crippen LogP contribution < -0.4 is 15.5 Å². The smallest absolute Gasteiger partial charge is 0.230 e.